The Morgan fingerprint density at radius 1 is 1.32 bits per heavy atom. The first-order chi connectivity index (χ1) is 8.90. The van der Waals surface area contributed by atoms with Gasteiger partial charge in [-0.3, -0.25) is 0 Å². The van der Waals surface area contributed by atoms with E-state index >= 15 is 0 Å². The monoisotopic (exact) mass is 320 g/mol. The molecule has 0 spiro atoms. The van der Waals surface area contributed by atoms with Crippen LogP contribution < -0.4 is 0 Å². The maximum atomic E-state index is 12.0. The Morgan fingerprint density at radius 3 is 2.58 bits per heavy atom. The molecule has 0 aliphatic heterocycles. The molecule has 0 bridgehead atoms. The van der Waals surface area contributed by atoms with Crippen LogP contribution in [0.2, 0.25) is 15.1 Å². The minimum atomic E-state index is -0.471. The maximum absolute atomic E-state index is 12.0. The maximum Gasteiger partial charge on any atom is 0.339 e. The van der Waals surface area contributed by atoms with Gasteiger partial charge in [-0.2, -0.15) is 0 Å². The summed E-state index contributed by atoms with van der Waals surface area (Å²) in [7, 11) is 0. The zero-order valence-corrected chi connectivity index (χ0v) is 13.0. The summed E-state index contributed by atoms with van der Waals surface area (Å²) in [5.41, 5.74) is 0.221. The van der Waals surface area contributed by atoms with Crippen molar-refractivity contribution < 1.29 is 9.53 Å². The van der Waals surface area contributed by atoms with Crippen LogP contribution in [0.5, 0.6) is 0 Å². The van der Waals surface area contributed by atoms with Crippen molar-refractivity contribution >= 4 is 40.8 Å². The lowest BCUT2D eigenvalue weighted by atomic mass is 9.67. The van der Waals surface area contributed by atoms with Crippen LogP contribution in [-0.4, -0.2) is 12.6 Å². The second kappa shape index (κ2) is 5.90. The van der Waals surface area contributed by atoms with E-state index in [1.165, 1.54) is 12.1 Å². The Labute approximate surface area is 128 Å². The fourth-order valence-electron chi connectivity index (χ4n) is 2.36. The van der Waals surface area contributed by atoms with E-state index < -0.39 is 5.97 Å². The van der Waals surface area contributed by atoms with Crippen LogP contribution in [0, 0.1) is 17.8 Å². The van der Waals surface area contributed by atoms with Gasteiger partial charge in [-0.1, -0.05) is 48.7 Å². The highest BCUT2D eigenvalue weighted by atomic mass is 35.5. The number of benzene rings is 1. The number of carbonyl (C=O) groups is 1. The largest absolute Gasteiger partial charge is 0.462 e. The van der Waals surface area contributed by atoms with Crippen LogP contribution in [0.15, 0.2) is 12.1 Å². The second-order valence-corrected chi connectivity index (χ2v) is 6.40. The molecule has 3 unspecified atom stereocenters. The summed E-state index contributed by atoms with van der Waals surface area (Å²) in [6.45, 7) is 4.80. The highest BCUT2D eigenvalue weighted by Crippen LogP contribution is 2.40. The van der Waals surface area contributed by atoms with E-state index in [9.17, 15) is 4.79 Å². The Morgan fingerprint density at radius 2 is 2.00 bits per heavy atom. The van der Waals surface area contributed by atoms with Gasteiger partial charge >= 0.3 is 5.97 Å². The van der Waals surface area contributed by atoms with Crippen LogP contribution in [0.1, 0.15) is 30.6 Å². The van der Waals surface area contributed by atoms with Gasteiger partial charge in [0, 0.05) is 5.02 Å². The Balaban J connectivity index is 2.01. The van der Waals surface area contributed by atoms with Gasteiger partial charge in [0.1, 0.15) is 0 Å². The van der Waals surface area contributed by atoms with E-state index in [4.69, 9.17) is 39.5 Å². The van der Waals surface area contributed by atoms with E-state index in [0.29, 0.717) is 29.4 Å². The van der Waals surface area contributed by atoms with E-state index in [1.807, 2.05) is 0 Å². The van der Waals surface area contributed by atoms with Crippen molar-refractivity contribution in [3.63, 3.8) is 0 Å². The van der Waals surface area contributed by atoms with Crippen molar-refractivity contribution in [2.24, 2.45) is 17.8 Å². The van der Waals surface area contributed by atoms with Gasteiger partial charge in [0.15, 0.2) is 0 Å². The molecule has 1 fully saturated rings. The summed E-state index contributed by atoms with van der Waals surface area (Å²) in [4.78, 5) is 12.0. The number of halogens is 3. The first kappa shape index (κ1) is 15.0. The first-order valence-corrected chi connectivity index (χ1v) is 7.35. The van der Waals surface area contributed by atoms with Crippen LogP contribution in [0.3, 0.4) is 0 Å². The van der Waals surface area contributed by atoms with E-state index in [1.54, 1.807) is 0 Å². The van der Waals surface area contributed by atoms with Gasteiger partial charge in [-0.15, -0.1) is 0 Å². The van der Waals surface area contributed by atoms with Crippen molar-refractivity contribution in [3.8, 4) is 0 Å². The van der Waals surface area contributed by atoms with Crippen molar-refractivity contribution in [2.75, 3.05) is 6.61 Å². The number of rotatable bonds is 3. The highest BCUT2D eigenvalue weighted by molar-refractivity contribution is 6.45. The smallest absolute Gasteiger partial charge is 0.339 e. The van der Waals surface area contributed by atoms with Gasteiger partial charge in [-0.05, 0) is 36.3 Å². The van der Waals surface area contributed by atoms with Gasteiger partial charge in [0.25, 0.3) is 0 Å². The summed E-state index contributed by atoms with van der Waals surface area (Å²) in [5.74, 6) is 1.26. The van der Waals surface area contributed by atoms with Gasteiger partial charge in [0.2, 0.25) is 0 Å². The summed E-state index contributed by atoms with van der Waals surface area (Å²) in [5, 5.41) is 0.810. The molecule has 0 heterocycles. The number of ether oxygens (including phenoxy) is 1. The second-order valence-electron chi connectivity index (χ2n) is 5.18. The predicted octanol–water partition coefficient (Wildman–Crippen LogP) is 5.10. The predicted molar refractivity (Wildman–Crippen MR) is 78.2 cm³/mol. The molecule has 0 N–H and O–H groups in total. The normalized spacial score (nSPS) is 25.8. The van der Waals surface area contributed by atoms with Crippen molar-refractivity contribution in [3.05, 3.63) is 32.8 Å². The van der Waals surface area contributed by atoms with Crippen molar-refractivity contribution in [2.45, 2.75) is 20.3 Å². The van der Waals surface area contributed by atoms with E-state index in [2.05, 4.69) is 13.8 Å². The summed E-state index contributed by atoms with van der Waals surface area (Å²) in [6, 6.07) is 2.98. The Hall–Kier alpha value is -0.440. The minimum Gasteiger partial charge on any atom is -0.462 e. The summed E-state index contributed by atoms with van der Waals surface area (Å²) < 4.78 is 5.30. The molecule has 1 aliphatic carbocycles. The molecule has 2 rings (SSSR count). The molecule has 2 nitrogen and oxygen atoms in total. The molecule has 1 saturated carbocycles. The SMILES string of the molecule is CC1CC(COC(=O)c2cc(Cl)cc(Cl)c2Cl)C1C. The third kappa shape index (κ3) is 3.18. The Kier molecular flexibility index (Phi) is 4.65. The number of carbonyl (C=O) groups excluding carboxylic acids is 1. The van der Waals surface area contributed by atoms with Crippen LogP contribution >= 0.6 is 34.8 Å². The molecule has 0 saturated heterocycles. The average Bonchev–Trinajstić information content (AvgIpc) is 2.37. The fourth-order valence-corrected chi connectivity index (χ4v) is 3.04. The average molecular weight is 322 g/mol. The van der Waals surface area contributed by atoms with E-state index in [-0.39, 0.29) is 15.6 Å². The van der Waals surface area contributed by atoms with Crippen LogP contribution in [0.4, 0.5) is 0 Å². The molecule has 104 valence electrons. The lowest BCUT2D eigenvalue weighted by molar-refractivity contribution is 0.00786. The molecule has 19 heavy (non-hydrogen) atoms. The molecule has 0 aromatic heterocycles. The molecule has 1 aromatic carbocycles. The Bertz CT molecular complexity index is 502. The lowest BCUT2D eigenvalue weighted by Gasteiger charge is -2.40. The summed E-state index contributed by atoms with van der Waals surface area (Å²) >= 11 is 17.7. The lowest BCUT2D eigenvalue weighted by Crippen LogP contribution is -2.36. The zero-order chi connectivity index (χ0) is 14.2. The molecular formula is C14H15Cl3O2. The zero-order valence-electron chi connectivity index (χ0n) is 10.8. The quantitative estimate of drug-likeness (QED) is 0.572. The minimum absolute atomic E-state index is 0.186. The van der Waals surface area contributed by atoms with Crippen LogP contribution in [-0.2, 0) is 4.74 Å². The van der Waals surface area contributed by atoms with Gasteiger partial charge in [0.05, 0.1) is 22.2 Å². The van der Waals surface area contributed by atoms with Crippen molar-refractivity contribution in [1.29, 1.82) is 0 Å². The molecular weight excluding hydrogens is 307 g/mol. The number of esters is 1. The molecule has 1 aliphatic rings. The fraction of sp³-hybridized carbons (Fsp3) is 0.500. The third-order valence-corrected chi connectivity index (χ3v) is 4.98. The summed E-state index contributed by atoms with van der Waals surface area (Å²) in [6.07, 6.45) is 1.10. The molecule has 1 aromatic rings. The van der Waals surface area contributed by atoms with Crippen LogP contribution in [0.25, 0.3) is 0 Å². The van der Waals surface area contributed by atoms with E-state index in [0.717, 1.165) is 6.42 Å². The van der Waals surface area contributed by atoms with Gasteiger partial charge in [-0.25, -0.2) is 4.79 Å². The first-order valence-electron chi connectivity index (χ1n) is 6.21. The molecule has 0 amide bonds. The number of hydrogen-bond acceptors (Lipinski definition) is 2. The number of hydrogen-bond donors (Lipinski definition) is 0. The molecule has 3 atom stereocenters. The third-order valence-electron chi connectivity index (χ3n) is 3.96. The molecule has 0 radical (unpaired) electrons. The topological polar surface area (TPSA) is 26.3 Å². The van der Waals surface area contributed by atoms with Crippen molar-refractivity contribution in [1.82, 2.24) is 0 Å². The van der Waals surface area contributed by atoms with Gasteiger partial charge < -0.3 is 4.74 Å². The molecule has 5 heteroatoms. The standard InChI is InChI=1S/C14H15Cl3O2/c1-7-3-9(8(7)2)6-19-14(18)11-4-10(15)5-12(16)13(11)17/h4-5,7-9H,3,6H2,1-2H3. The highest BCUT2D eigenvalue weighted by Gasteiger charge is 2.35.